The molecule has 0 radical (unpaired) electrons. The summed E-state index contributed by atoms with van der Waals surface area (Å²) in [6, 6.07) is 7.05. The molecule has 1 saturated carbocycles. The molecule has 0 saturated heterocycles. The highest BCUT2D eigenvalue weighted by molar-refractivity contribution is 7.13. The number of benzene rings is 1. The summed E-state index contributed by atoms with van der Waals surface area (Å²) in [5.74, 6) is 1.58. The zero-order chi connectivity index (χ0) is 14.8. The van der Waals surface area contributed by atoms with Crippen LogP contribution < -0.4 is 14.8 Å². The molecule has 4 heteroatoms. The summed E-state index contributed by atoms with van der Waals surface area (Å²) in [7, 11) is 3.37. The van der Waals surface area contributed by atoms with Gasteiger partial charge in [0.2, 0.25) is 0 Å². The third-order valence-electron chi connectivity index (χ3n) is 3.87. The Morgan fingerprint density at radius 3 is 2.48 bits per heavy atom. The van der Waals surface area contributed by atoms with Crippen molar-refractivity contribution in [3.05, 3.63) is 34.7 Å². The maximum Gasteiger partial charge on any atom is 0.161 e. The monoisotopic (exact) mass is 303 g/mol. The zero-order valence-electron chi connectivity index (χ0n) is 12.7. The van der Waals surface area contributed by atoms with E-state index in [2.05, 4.69) is 35.8 Å². The molecule has 1 N–H and O–H groups in total. The Morgan fingerprint density at radius 2 is 1.90 bits per heavy atom. The van der Waals surface area contributed by atoms with Crippen molar-refractivity contribution in [2.75, 3.05) is 14.2 Å². The summed E-state index contributed by atoms with van der Waals surface area (Å²) in [4.78, 5) is 1.31. The predicted molar refractivity (Wildman–Crippen MR) is 87.5 cm³/mol. The number of rotatable bonds is 6. The number of hydrogen-bond acceptors (Lipinski definition) is 4. The van der Waals surface area contributed by atoms with E-state index in [1.54, 1.807) is 25.6 Å². The van der Waals surface area contributed by atoms with Crippen LogP contribution in [-0.4, -0.2) is 20.3 Å². The molecular weight excluding hydrogens is 282 g/mol. The van der Waals surface area contributed by atoms with E-state index in [0.29, 0.717) is 6.04 Å². The molecule has 0 unspecified atom stereocenters. The van der Waals surface area contributed by atoms with Gasteiger partial charge in [0.25, 0.3) is 0 Å². The Hall–Kier alpha value is -1.52. The second kappa shape index (κ2) is 6.08. The van der Waals surface area contributed by atoms with Gasteiger partial charge >= 0.3 is 0 Å². The van der Waals surface area contributed by atoms with Crippen LogP contribution in [0.15, 0.2) is 23.6 Å². The molecule has 0 atom stereocenters. The van der Waals surface area contributed by atoms with Crippen LogP contribution in [0.1, 0.15) is 24.0 Å². The molecule has 3 nitrogen and oxygen atoms in total. The number of nitrogens with one attached hydrogen (secondary N) is 1. The number of hydrogen-bond donors (Lipinski definition) is 1. The molecular formula is C17H21NO2S. The van der Waals surface area contributed by atoms with E-state index in [4.69, 9.17) is 9.47 Å². The van der Waals surface area contributed by atoms with Crippen LogP contribution in [0.2, 0.25) is 0 Å². The van der Waals surface area contributed by atoms with Crippen molar-refractivity contribution < 1.29 is 9.47 Å². The SMILES string of the molecule is COc1cc(CNC2CC2)c(-c2sccc2C)cc1OC. The molecule has 1 aromatic heterocycles. The number of thiophene rings is 1. The van der Waals surface area contributed by atoms with Crippen molar-refractivity contribution in [1.29, 1.82) is 0 Å². The molecule has 2 aromatic rings. The lowest BCUT2D eigenvalue weighted by atomic mass is 10.0. The van der Waals surface area contributed by atoms with E-state index in [0.717, 1.165) is 18.0 Å². The molecule has 1 aromatic carbocycles. The first-order chi connectivity index (χ1) is 10.2. The zero-order valence-corrected chi connectivity index (χ0v) is 13.5. The Morgan fingerprint density at radius 1 is 1.19 bits per heavy atom. The van der Waals surface area contributed by atoms with Crippen molar-refractivity contribution >= 4 is 11.3 Å². The minimum absolute atomic E-state index is 0.690. The van der Waals surface area contributed by atoms with Crippen LogP contribution >= 0.6 is 11.3 Å². The van der Waals surface area contributed by atoms with Crippen LogP contribution in [0.5, 0.6) is 11.5 Å². The highest BCUT2D eigenvalue weighted by Crippen LogP contribution is 2.39. The van der Waals surface area contributed by atoms with Crippen LogP contribution in [0.3, 0.4) is 0 Å². The lowest BCUT2D eigenvalue weighted by Crippen LogP contribution is -2.16. The first kappa shape index (κ1) is 14.4. The molecule has 1 aliphatic carbocycles. The fourth-order valence-corrected chi connectivity index (χ4v) is 3.45. The molecule has 1 aliphatic rings. The minimum Gasteiger partial charge on any atom is -0.493 e. The fourth-order valence-electron chi connectivity index (χ4n) is 2.47. The van der Waals surface area contributed by atoms with Gasteiger partial charge in [-0.25, -0.2) is 0 Å². The van der Waals surface area contributed by atoms with Gasteiger partial charge in [-0.05, 0) is 54.5 Å². The first-order valence-electron chi connectivity index (χ1n) is 7.25. The summed E-state index contributed by atoms with van der Waals surface area (Å²) in [6.07, 6.45) is 2.58. The van der Waals surface area contributed by atoms with Crippen LogP contribution in [-0.2, 0) is 6.54 Å². The summed E-state index contributed by atoms with van der Waals surface area (Å²) in [6.45, 7) is 3.03. The Bertz CT molecular complexity index is 632. The summed E-state index contributed by atoms with van der Waals surface area (Å²) in [5.41, 5.74) is 3.82. The largest absolute Gasteiger partial charge is 0.493 e. The van der Waals surface area contributed by atoms with Crippen molar-refractivity contribution in [3.8, 4) is 21.9 Å². The smallest absolute Gasteiger partial charge is 0.161 e. The van der Waals surface area contributed by atoms with Crippen molar-refractivity contribution in [1.82, 2.24) is 5.32 Å². The molecule has 1 heterocycles. The maximum absolute atomic E-state index is 5.47. The van der Waals surface area contributed by atoms with Gasteiger partial charge in [-0.2, -0.15) is 0 Å². The summed E-state index contributed by atoms with van der Waals surface area (Å²) in [5, 5.41) is 5.73. The molecule has 0 bridgehead atoms. The third kappa shape index (κ3) is 3.06. The van der Waals surface area contributed by atoms with E-state index < -0.39 is 0 Å². The topological polar surface area (TPSA) is 30.5 Å². The van der Waals surface area contributed by atoms with Gasteiger partial charge < -0.3 is 14.8 Å². The second-order valence-electron chi connectivity index (χ2n) is 5.45. The number of methoxy groups -OCH3 is 2. The van der Waals surface area contributed by atoms with E-state index in [9.17, 15) is 0 Å². The maximum atomic E-state index is 5.47. The van der Waals surface area contributed by atoms with Crippen molar-refractivity contribution in [2.45, 2.75) is 32.4 Å². The molecule has 0 amide bonds. The van der Waals surface area contributed by atoms with Gasteiger partial charge in [0.1, 0.15) is 0 Å². The Balaban J connectivity index is 2.02. The quantitative estimate of drug-likeness (QED) is 0.875. The van der Waals surface area contributed by atoms with E-state index in [1.165, 1.54) is 34.4 Å². The van der Waals surface area contributed by atoms with Crippen molar-refractivity contribution in [3.63, 3.8) is 0 Å². The van der Waals surface area contributed by atoms with Gasteiger partial charge in [-0.3, -0.25) is 0 Å². The van der Waals surface area contributed by atoms with E-state index in [-0.39, 0.29) is 0 Å². The van der Waals surface area contributed by atoms with Crippen molar-refractivity contribution in [2.24, 2.45) is 0 Å². The third-order valence-corrected chi connectivity index (χ3v) is 4.92. The van der Waals surface area contributed by atoms with E-state index >= 15 is 0 Å². The highest BCUT2D eigenvalue weighted by Gasteiger charge is 2.22. The molecule has 0 aliphatic heterocycles. The van der Waals surface area contributed by atoms with Gasteiger partial charge in [0, 0.05) is 23.0 Å². The average molecular weight is 303 g/mol. The van der Waals surface area contributed by atoms with Crippen LogP contribution in [0.4, 0.5) is 0 Å². The molecule has 1 fully saturated rings. The highest BCUT2D eigenvalue weighted by atomic mass is 32.1. The summed E-state index contributed by atoms with van der Waals surface area (Å²) < 4.78 is 10.9. The summed E-state index contributed by atoms with van der Waals surface area (Å²) >= 11 is 1.78. The standard InChI is InChI=1S/C17H21NO2S/c1-11-6-7-21-17(11)14-9-16(20-3)15(19-2)8-12(14)10-18-13-4-5-13/h6-9,13,18H,4-5,10H2,1-3H3. The lowest BCUT2D eigenvalue weighted by molar-refractivity contribution is 0.354. The number of aryl methyl sites for hydroxylation is 1. The van der Waals surface area contributed by atoms with Gasteiger partial charge in [-0.1, -0.05) is 0 Å². The average Bonchev–Trinajstić information content (AvgIpc) is 3.24. The first-order valence-corrected chi connectivity index (χ1v) is 8.13. The van der Waals surface area contributed by atoms with E-state index in [1.807, 2.05) is 0 Å². The van der Waals surface area contributed by atoms with Gasteiger partial charge in [0.15, 0.2) is 11.5 Å². The van der Waals surface area contributed by atoms with Crippen LogP contribution in [0, 0.1) is 6.92 Å². The Labute approximate surface area is 129 Å². The number of ether oxygens (including phenoxy) is 2. The molecule has 3 rings (SSSR count). The Kier molecular flexibility index (Phi) is 4.17. The second-order valence-corrected chi connectivity index (χ2v) is 6.37. The van der Waals surface area contributed by atoms with Gasteiger partial charge in [0.05, 0.1) is 14.2 Å². The lowest BCUT2D eigenvalue weighted by Gasteiger charge is -2.15. The fraction of sp³-hybridized carbons (Fsp3) is 0.412. The molecule has 21 heavy (non-hydrogen) atoms. The molecule has 0 spiro atoms. The normalized spacial score (nSPS) is 14.2. The molecule has 112 valence electrons. The van der Waals surface area contributed by atoms with Crippen LogP contribution in [0.25, 0.3) is 10.4 Å². The predicted octanol–water partition coefficient (Wildman–Crippen LogP) is 3.99. The van der Waals surface area contributed by atoms with Gasteiger partial charge in [-0.15, -0.1) is 11.3 Å². The minimum atomic E-state index is 0.690.